The molecule has 0 atom stereocenters. The van der Waals surface area contributed by atoms with E-state index >= 15 is 0 Å². The Kier molecular flexibility index (Phi) is 4.61. The summed E-state index contributed by atoms with van der Waals surface area (Å²) in [7, 11) is 1.17. The monoisotopic (exact) mass is 354 g/mol. The summed E-state index contributed by atoms with van der Waals surface area (Å²) >= 11 is 18.0. The molecule has 0 unspecified atom stereocenters. The van der Waals surface area contributed by atoms with Crippen LogP contribution >= 0.6 is 34.8 Å². The van der Waals surface area contributed by atoms with E-state index in [-0.39, 0.29) is 31.9 Å². The fourth-order valence-corrected chi connectivity index (χ4v) is 2.62. The third-order valence-corrected chi connectivity index (χ3v) is 3.96. The number of benzene rings is 2. The molecule has 0 heterocycles. The van der Waals surface area contributed by atoms with Crippen molar-refractivity contribution in [3.8, 4) is 16.9 Å². The lowest BCUT2D eigenvalue weighted by atomic mass is 10.0. The molecule has 21 heavy (non-hydrogen) atoms. The van der Waals surface area contributed by atoms with Crippen LogP contribution in [-0.4, -0.2) is 7.11 Å². The molecular formula is C14H8Cl3F3O. The Bertz CT molecular complexity index is 684. The maximum absolute atomic E-state index is 13.0. The van der Waals surface area contributed by atoms with Crippen LogP contribution in [0.1, 0.15) is 5.56 Å². The van der Waals surface area contributed by atoms with Crippen LogP contribution in [0.3, 0.4) is 0 Å². The number of rotatable bonds is 2. The van der Waals surface area contributed by atoms with Crippen molar-refractivity contribution in [2.24, 2.45) is 0 Å². The number of hydrogen-bond acceptors (Lipinski definition) is 1. The van der Waals surface area contributed by atoms with E-state index < -0.39 is 11.7 Å². The molecule has 112 valence electrons. The van der Waals surface area contributed by atoms with Crippen LogP contribution < -0.4 is 4.74 Å². The molecule has 1 nitrogen and oxygen atoms in total. The van der Waals surface area contributed by atoms with Crippen LogP contribution in [0.5, 0.6) is 5.75 Å². The van der Waals surface area contributed by atoms with Gasteiger partial charge in [0, 0.05) is 10.6 Å². The van der Waals surface area contributed by atoms with Gasteiger partial charge in [-0.3, -0.25) is 0 Å². The predicted molar refractivity (Wildman–Crippen MR) is 78.5 cm³/mol. The van der Waals surface area contributed by atoms with E-state index in [1.807, 2.05) is 0 Å². The number of alkyl halides is 3. The Hall–Kier alpha value is -1.10. The van der Waals surface area contributed by atoms with Crippen LogP contribution in [0.4, 0.5) is 13.2 Å². The first-order valence-corrected chi connectivity index (χ1v) is 6.78. The maximum Gasteiger partial charge on any atom is 0.419 e. The van der Waals surface area contributed by atoms with Gasteiger partial charge in [-0.15, -0.1) is 0 Å². The van der Waals surface area contributed by atoms with Gasteiger partial charge in [0.1, 0.15) is 5.75 Å². The van der Waals surface area contributed by atoms with Gasteiger partial charge in [-0.1, -0.05) is 40.9 Å². The Morgan fingerprint density at radius 1 is 0.952 bits per heavy atom. The molecule has 0 bridgehead atoms. The lowest BCUT2D eigenvalue weighted by Gasteiger charge is -2.15. The summed E-state index contributed by atoms with van der Waals surface area (Å²) in [6, 6.07) is 6.54. The molecule has 0 fully saturated rings. The van der Waals surface area contributed by atoms with Crippen molar-refractivity contribution in [3.63, 3.8) is 0 Å². The summed E-state index contributed by atoms with van der Waals surface area (Å²) in [6.07, 6.45) is -4.56. The fourth-order valence-electron chi connectivity index (χ4n) is 1.88. The minimum absolute atomic E-state index is 0.0995. The highest BCUT2D eigenvalue weighted by atomic mass is 35.5. The second-order valence-electron chi connectivity index (χ2n) is 4.13. The molecule has 0 radical (unpaired) electrons. The highest BCUT2D eigenvalue weighted by molar-refractivity contribution is 6.46. The minimum atomic E-state index is -4.56. The number of methoxy groups -OCH3 is 1. The summed E-state index contributed by atoms with van der Waals surface area (Å²) in [5.74, 6) is -0.277. The molecule has 2 rings (SSSR count). The molecule has 0 aliphatic heterocycles. The summed E-state index contributed by atoms with van der Waals surface area (Å²) in [5.41, 5.74) is -0.450. The smallest absolute Gasteiger partial charge is 0.419 e. The van der Waals surface area contributed by atoms with Crippen molar-refractivity contribution in [1.29, 1.82) is 0 Å². The highest BCUT2D eigenvalue weighted by Gasteiger charge is 2.34. The third-order valence-electron chi connectivity index (χ3n) is 2.84. The standard InChI is InChI=1S/C14H8Cl3F3O/c1-21-11-5-2-7(6-8(11)14(18,19)20)12-9(15)3-4-10(16)13(12)17/h2-6H,1H3. The van der Waals surface area contributed by atoms with Gasteiger partial charge in [-0.2, -0.15) is 13.2 Å². The van der Waals surface area contributed by atoms with Gasteiger partial charge in [0.25, 0.3) is 0 Å². The van der Waals surface area contributed by atoms with Crippen LogP contribution in [0.2, 0.25) is 15.1 Å². The lowest BCUT2D eigenvalue weighted by molar-refractivity contribution is -0.138. The molecule has 0 aliphatic rings. The molecule has 0 saturated heterocycles. The predicted octanol–water partition coefficient (Wildman–Crippen LogP) is 6.34. The Morgan fingerprint density at radius 3 is 2.14 bits per heavy atom. The summed E-state index contributed by atoms with van der Waals surface area (Å²) in [6.45, 7) is 0. The van der Waals surface area contributed by atoms with Crippen molar-refractivity contribution in [3.05, 3.63) is 51.0 Å². The van der Waals surface area contributed by atoms with E-state index in [1.54, 1.807) is 0 Å². The third kappa shape index (κ3) is 3.23. The molecule has 0 aromatic heterocycles. The Balaban J connectivity index is 2.70. The van der Waals surface area contributed by atoms with Gasteiger partial charge in [0.15, 0.2) is 0 Å². The number of halogens is 6. The van der Waals surface area contributed by atoms with Crippen molar-refractivity contribution >= 4 is 34.8 Å². The first-order valence-electron chi connectivity index (χ1n) is 5.64. The van der Waals surface area contributed by atoms with E-state index in [2.05, 4.69) is 0 Å². The average molecular weight is 356 g/mol. The Labute approximate surface area is 134 Å². The van der Waals surface area contributed by atoms with E-state index in [0.29, 0.717) is 0 Å². The molecule has 0 amide bonds. The number of hydrogen-bond donors (Lipinski definition) is 0. The molecule has 0 spiro atoms. The van der Waals surface area contributed by atoms with Gasteiger partial charge in [0.05, 0.1) is 22.7 Å². The van der Waals surface area contributed by atoms with E-state index in [0.717, 1.165) is 6.07 Å². The van der Waals surface area contributed by atoms with Crippen LogP contribution in [0, 0.1) is 0 Å². The van der Waals surface area contributed by atoms with Crippen molar-refractivity contribution < 1.29 is 17.9 Å². The van der Waals surface area contributed by atoms with Crippen LogP contribution in [-0.2, 0) is 6.18 Å². The highest BCUT2D eigenvalue weighted by Crippen LogP contribution is 2.43. The van der Waals surface area contributed by atoms with Crippen LogP contribution in [0.15, 0.2) is 30.3 Å². The number of ether oxygens (including phenoxy) is 1. The van der Waals surface area contributed by atoms with E-state index in [1.165, 1.54) is 31.4 Å². The van der Waals surface area contributed by atoms with Crippen molar-refractivity contribution in [2.45, 2.75) is 6.18 Å². The van der Waals surface area contributed by atoms with Gasteiger partial charge < -0.3 is 4.74 Å². The second-order valence-corrected chi connectivity index (χ2v) is 5.32. The van der Waals surface area contributed by atoms with Crippen LogP contribution in [0.25, 0.3) is 11.1 Å². The molecule has 0 N–H and O–H groups in total. The largest absolute Gasteiger partial charge is 0.496 e. The van der Waals surface area contributed by atoms with Crippen molar-refractivity contribution in [2.75, 3.05) is 7.11 Å². The summed E-state index contributed by atoms with van der Waals surface area (Å²) in [4.78, 5) is 0. The topological polar surface area (TPSA) is 9.23 Å². The minimum Gasteiger partial charge on any atom is -0.496 e. The molecule has 2 aromatic rings. The first kappa shape index (κ1) is 16.3. The Morgan fingerprint density at radius 2 is 1.57 bits per heavy atom. The van der Waals surface area contributed by atoms with E-state index in [4.69, 9.17) is 39.5 Å². The van der Waals surface area contributed by atoms with Gasteiger partial charge >= 0.3 is 6.18 Å². The molecule has 7 heteroatoms. The zero-order valence-corrected chi connectivity index (χ0v) is 12.8. The zero-order chi connectivity index (χ0) is 15.8. The second kappa shape index (κ2) is 5.95. The first-order chi connectivity index (χ1) is 9.75. The normalized spacial score (nSPS) is 11.6. The molecule has 2 aromatic carbocycles. The van der Waals surface area contributed by atoms with E-state index in [9.17, 15) is 13.2 Å². The average Bonchev–Trinajstić information content (AvgIpc) is 2.42. The van der Waals surface area contributed by atoms with Gasteiger partial charge in [-0.25, -0.2) is 0 Å². The van der Waals surface area contributed by atoms with Crippen molar-refractivity contribution in [1.82, 2.24) is 0 Å². The zero-order valence-electron chi connectivity index (χ0n) is 10.6. The SMILES string of the molecule is COc1ccc(-c2c(Cl)ccc(Cl)c2Cl)cc1C(F)(F)F. The lowest BCUT2D eigenvalue weighted by Crippen LogP contribution is -2.07. The molecular weight excluding hydrogens is 348 g/mol. The van der Waals surface area contributed by atoms with Gasteiger partial charge in [-0.05, 0) is 29.8 Å². The molecule has 0 saturated carbocycles. The quantitative estimate of drug-likeness (QED) is 0.571. The maximum atomic E-state index is 13.0. The fraction of sp³-hybridized carbons (Fsp3) is 0.143. The van der Waals surface area contributed by atoms with Gasteiger partial charge in [0.2, 0.25) is 0 Å². The summed E-state index contributed by atoms with van der Waals surface area (Å²) in [5, 5.41) is 0.519. The molecule has 0 aliphatic carbocycles. The summed E-state index contributed by atoms with van der Waals surface area (Å²) < 4.78 is 43.9.